The molecule has 0 aliphatic heterocycles. The van der Waals surface area contributed by atoms with E-state index in [0.717, 1.165) is 11.6 Å². The number of rotatable bonds is 5. The second-order valence-corrected chi connectivity index (χ2v) is 4.49. The number of methoxy groups -OCH3 is 1. The number of carbonyl (C=O) groups is 1. The maximum Gasteiger partial charge on any atom is 0.338 e. The molecule has 0 atom stereocenters. The molecule has 0 unspecified atom stereocenters. The summed E-state index contributed by atoms with van der Waals surface area (Å²) in [5.74, 6) is -1.61. The van der Waals surface area contributed by atoms with Crippen molar-refractivity contribution in [3.63, 3.8) is 0 Å². The molecule has 3 nitrogen and oxygen atoms in total. The Labute approximate surface area is 121 Å². The lowest BCUT2D eigenvalue weighted by atomic mass is 10.1. The number of hydrogen-bond donors (Lipinski definition) is 1. The predicted molar refractivity (Wildman–Crippen MR) is 74.7 cm³/mol. The average molecular weight is 291 g/mol. The molecule has 0 saturated heterocycles. The fourth-order valence-electron chi connectivity index (χ4n) is 1.98. The summed E-state index contributed by atoms with van der Waals surface area (Å²) < 4.78 is 31.0. The van der Waals surface area contributed by atoms with Crippen LogP contribution in [0.15, 0.2) is 42.5 Å². The Morgan fingerprint density at radius 2 is 1.81 bits per heavy atom. The minimum absolute atomic E-state index is 0.238. The summed E-state index contributed by atoms with van der Waals surface area (Å²) in [6.45, 7) is 0.615. The summed E-state index contributed by atoms with van der Waals surface area (Å²) in [6, 6.07) is 10.5. The zero-order chi connectivity index (χ0) is 15.2. The van der Waals surface area contributed by atoms with Crippen molar-refractivity contribution in [2.45, 2.75) is 13.1 Å². The second-order valence-electron chi connectivity index (χ2n) is 4.49. The van der Waals surface area contributed by atoms with Crippen molar-refractivity contribution < 1.29 is 18.3 Å². The maximum absolute atomic E-state index is 13.5. The molecular weight excluding hydrogens is 276 g/mol. The van der Waals surface area contributed by atoms with E-state index in [9.17, 15) is 13.6 Å². The highest BCUT2D eigenvalue weighted by Crippen LogP contribution is 2.12. The quantitative estimate of drug-likeness (QED) is 0.861. The highest BCUT2D eigenvalue weighted by Gasteiger charge is 2.10. The first kappa shape index (κ1) is 15.1. The largest absolute Gasteiger partial charge is 0.465 e. The normalized spacial score (nSPS) is 10.4. The summed E-state index contributed by atoms with van der Waals surface area (Å²) in [7, 11) is 1.32. The molecule has 0 aliphatic rings. The lowest BCUT2D eigenvalue weighted by Gasteiger charge is -2.09. The summed E-state index contributed by atoms with van der Waals surface area (Å²) in [4.78, 5) is 11.6. The lowest BCUT2D eigenvalue weighted by Crippen LogP contribution is -2.16. The Hall–Kier alpha value is -2.27. The van der Waals surface area contributed by atoms with Crippen molar-refractivity contribution in [1.82, 2.24) is 5.32 Å². The minimum Gasteiger partial charge on any atom is -0.465 e. The van der Waals surface area contributed by atoms with Crippen molar-refractivity contribution in [3.8, 4) is 0 Å². The van der Waals surface area contributed by atoms with E-state index in [2.05, 4.69) is 5.32 Å². The first-order chi connectivity index (χ1) is 10.1. The van der Waals surface area contributed by atoms with Gasteiger partial charge < -0.3 is 10.1 Å². The van der Waals surface area contributed by atoms with Crippen LogP contribution in [0, 0.1) is 11.6 Å². The lowest BCUT2D eigenvalue weighted by molar-refractivity contribution is 0.0599. The molecule has 0 radical (unpaired) electrons. The Balaban J connectivity index is 2.02. The van der Waals surface area contributed by atoms with Crippen LogP contribution in [0.1, 0.15) is 21.5 Å². The van der Waals surface area contributed by atoms with Gasteiger partial charge in [-0.2, -0.15) is 0 Å². The molecule has 0 heterocycles. The van der Waals surface area contributed by atoms with E-state index in [0.29, 0.717) is 17.7 Å². The summed E-state index contributed by atoms with van der Waals surface area (Å²) in [5.41, 5.74) is 1.59. The Bertz CT molecular complexity index is 644. The van der Waals surface area contributed by atoms with Crippen molar-refractivity contribution in [2.24, 2.45) is 0 Å². The van der Waals surface area contributed by atoms with Gasteiger partial charge in [-0.1, -0.05) is 24.3 Å². The molecule has 5 heteroatoms. The van der Waals surface area contributed by atoms with E-state index in [4.69, 9.17) is 4.74 Å². The van der Waals surface area contributed by atoms with Crippen LogP contribution in [0.4, 0.5) is 8.78 Å². The average Bonchev–Trinajstić information content (AvgIpc) is 2.49. The van der Waals surface area contributed by atoms with Gasteiger partial charge in [0, 0.05) is 24.7 Å². The van der Waals surface area contributed by atoms with Crippen molar-refractivity contribution >= 4 is 5.97 Å². The minimum atomic E-state index is -0.604. The maximum atomic E-state index is 13.5. The smallest absolute Gasteiger partial charge is 0.338 e. The van der Waals surface area contributed by atoms with Gasteiger partial charge in [0.2, 0.25) is 0 Å². The van der Waals surface area contributed by atoms with E-state index >= 15 is 0 Å². The van der Waals surface area contributed by atoms with Gasteiger partial charge in [-0.25, -0.2) is 13.6 Å². The van der Waals surface area contributed by atoms with Crippen LogP contribution in [0.25, 0.3) is 0 Å². The first-order valence-corrected chi connectivity index (χ1v) is 6.42. The van der Waals surface area contributed by atoms with E-state index in [1.165, 1.54) is 19.2 Å². The third-order valence-electron chi connectivity index (χ3n) is 3.07. The zero-order valence-electron chi connectivity index (χ0n) is 11.5. The van der Waals surface area contributed by atoms with Gasteiger partial charge in [-0.3, -0.25) is 0 Å². The zero-order valence-corrected chi connectivity index (χ0v) is 11.5. The van der Waals surface area contributed by atoms with Gasteiger partial charge in [0.05, 0.1) is 12.7 Å². The van der Waals surface area contributed by atoms with Gasteiger partial charge in [0.1, 0.15) is 11.6 Å². The van der Waals surface area contributed by atoms with Crippen molar-refractivity contribution in [2.75, 3.05) is 7.11 Å². The van der Waals surface area contributed by atoms with E-state index in [1.807, 2.05) is 6.07 Å². The summed E-state index contributed by atoms with van der Waals surface area (Å²) in [6.07, 6.45) is 0. The van der Waals surface area contributed by atoms with Crippen LogP contribution in [0.3, 0.4) is 0 Å². The number of ether oxygens (including phenoxy) is 1. The van der Waals surface area contributed by atoms with Crippen LogP contribution in [0.5, 0.6) is 0 Å². The molecular formula is C16H15F2NO2. The summed E-state index contributed by atoms with van der Waals surface area (Å²) >= 11 is 0. The summed E-state index contributed by atoms with van der Waals surface area (Å²) in [5, 5.41) is 3.03. The number of carbonyl (C=O) groups excluding carboxylic acids is 1. The number of nitrogens with one attached hydrogen (secondary N) is 1. The molecule has 21 heavy (non-hydrogen) atoms. The molecule has 2 rings (SSSR count). The van der Waals surface area contributed by atoms with Crippen molar-refractivity contribution in [1.29, 1.82) is 0 Å². The molecule has 0 amide bonds. The molecule has 2 aromatic carbocycles. The number of esters is 1. The predicted octanol–water partition coefficient (Wildman–Crippen LogP) is 3.04. The molecule has 1 N–H and O–H groups in total. The fraction of sp³-hybridized carbons (Fsp3) is 0.188. The molecule has 0 aliphatic carbocycles. The monoisotopic (exact) mass is 291 g/mol. The third kappa shape index (κ3) is 3.86. The van der Waals surface area contributed by atoms with Gasteiger partial charge in [-0.05, 0) is 17.7 Å². The van der Waals surface area contributed by atoms with Crippen LogP contribution in [-0.2, 0) is 17.8 Å². The molecule has 0 aromatic heterocycles. The van der Waals surface area contributed by atoms with E-state index in [-0.39, 0.29) is 6.54 Å². The van der Waals surface area contributed by atoms with E-state index in [1.54, 1.807) is 18.2 Å². The molecule has 0 spiro atoms. The SMILES string of the molecule is COC(=O)c1ccccc1CNCc1ccc(F)cc1F. The second kappa shape index (κ2) is 6.95. The standard InChI is InChI=1S/C16H15F2NO2/c1-21-16(20)14-5-3-2-4-11(14)9-19-10-12-6-7-13(17)8-15(12)18/h2-8,19H,9-10H2,1H3. The topological polar surface area (TPSA) is 38.3 Å². The Morgan fingerprint density at radius 3 is 2.52 bits per heavy atom. The van der Waals surface area contributed by atoms with Gasteiger partial charge in [0.25, 0.3) is 0 Å². The molecule has 110 valence electrons. The van der Waals surface area contributed by atoms with Crippen molar-refractivity contribution in [3.05, 3.63) is 70.8 Å². The molecule has 0 saturated carbocycles. The number of benzene rings is 2. The van der Waals surface area contributed by atoms with E-state index < -0.39 is 17.6 Å². The van der Waals surface area contributed by atoms with Gasteiger partial charge >= 0.3 is 5.97 Å². The first-order valence-electron chi connectivity index (χ1n) is 6.42. The van der Waals surface area contributed by atoms with Crippen LogP contribution in [-0.4, -0.2) is 13.1 Å². The van der Waals surface area contributed by atoms with Gasteiger partial charge in [0.15, 0.2) is 0 Å². The highest BCUT2D eigenvalue weighted by molar-refractivity contribution is 5.90. The van der Waals surface area contributed by atoms with Crippen LogP contribution in [0.2, 0.25) is 0 Å². The van der Waals surface area contributed by atoms with Crippen LogP contribution >= 0.6 is 0 Å². The molecule has 0 bridgehead atoms. The Kier molecular flexibility index (Phi) is 5.00. The fourth-order valence-corrected chi connectivity index (χ4v) is 1.98. The number of halogens is 2. The van der Waals surface area contributed by atoms with Crippen LogP contribution < -0.4 is 5.32 Å². The van der Waals surface area contributed by atoms with Gasteiger partial charge in [-0.15, -0.1) is 0 Å². The Morgan fingerprint density at radius 1 is 1.10 bits per heavy atom. The molecule has 0 fully saturated rings. The molecule has 2 aromatic rings. The third-order valence-corrected chi connectivity index (χ3v) is 3.07. The highest BCUT2D eigenvalue weighted by atomic mass is 19.1. The number of hydrogen-bond acceptors (Lipinski definition) is 3.